The Kier molecular flexibility index (Phi) is 17.5. The van der Waals surface area contributed by atoms with E-state index in [4.69, 9.17) is 10.5 Å². The first-order chi connectivity index (χ1) is 5.04. The summed E-state index contributed by atoms with van der Waals surface area (Å²) >= 11 is 0. The zero-order valence-corrected chi connectivity index (χ0v) is 12.7. The van der Waals surface area contributed by atoms with Crippen molar-refractivity contribution in [3.63, 3.8) is 0 Å². The summed E-state index contributed by atoms with van der Waals surface area (Å²) in [6.45, 7) is 9.19. The second kappa shape index (κ2) is 11.5. The molecule has 74 valence electrons. The van der Waals surface area contributed by atoms with Crippen molar-refractivity contribution in [3.8, 4) is 0 Å². The van der Waals surface area contributed by atoms with Gasteiger partial charge in [-0.25, -0.2) is 0 Å². The van der Waals surface area contributed by atoms with Crippen molar-refractivity contribution < 1.29 is 42.1 Å². The molecule has 0 saturated heterocycles. The van der Waals surface area contributed by atoms with Crippen LogP contribution in [0.5, 0.6) is 0 Å². The Bertz CT molecular complexity index is 110. The molecule has 0 aromatic carbocycles. The third-order valence-electron chi connectivity index (χ3n) is 0.724. The van der Waals surface area contributed by atoms with Crippen LogP contribution in [0.1, 0.15) is 36.0 Å². The molecule has 0 unspecified atom stereocenters. The fourth-order valence-corrected chi connectivity index (χ4v) is 0.340. The summed E-state index contributed by atoms with van der Waals surface area (Å²) in [5, 5.41) is 0. The quantitative estimate of drug-likeness (QED) is 0.715. The van der Waals surface area contributed by atoms with Crippen molar-refractivity contribution in [3.05, 3.63) is 0 Å². The van der Waals surface area contributed by atoms with Gasteiger partial charge in [-0.05, 0) is 20.8 Å². The minimum absolute atomic E-state index is 0. The number of carbonyl (C=O) groups excluding carboxylic acids is 1. The van der Waals surface area contributed by atoms with Gasteiger partial charge in [0.1, 0.15) is 6.04 Å². The monoisotopic (exact) mass is 401 g/mol. The van der Waals surface area contributed by atoms with E-state index in [1.54, 1.807) is 20.8 Å². The summed E-state index contributed by atoms with van der Waals surface area (Å²) in [7, 11) is 0. The molecular formula is C8H21NO2U. The van der Waals surface area contributed by atoms with E-state index in [1.165, 1.54) is 0 Å². The molecule has 0 aromatic rings. The molecule has 4 heteroatoms. The van der Waals surface area contributed by atoms with Gasteiger partial charge < -0.3 is 10.5 Å². The van der Waals surface area contributed by atoms with Crippen LogP contribution in [-0.4, -0.2) is 18.1 Å². The van der Waals surface area contributed by atoms with Gasteiger partial charge in [0.05, 0.1) is 6.10 Å². The number of hydrogen-bond donors (Lipinski definition) is 1. The molecule has 0 rings (SSSR count). The first-order valence-corrected chi connectivity index (χ1v) is 4.00. The van der Waals surface area contributed by atoms with Gasteiger partial charge in [0, 0.05) is 32.5 Å². The standard InChI is InChI=1S/C6H13NO2.C2H6.U.H2/c1-4(2)9-6(8)5(3)7;1-2;;/h4-5H,7H2,1-3H3;1-2H3;;1H/t5-;;;/m0.../s1. The van der Waals surface area contributed by atoms with Gasteiger partial charge in [0.15, 0.2) is 0 Å². The number of rotatable bonds is 2. The maximum Gasteiger partial charge on any atom is 0.322 e. The Labute approximate surface area is 100 Å². The van der Waals surface area contributed by atoms with Crippen LogP contribution in [0.3, 0.4) is 0 Å². The third kappa shape index (κ3) is 13.1. The fourth-order valence-electron chi connectivity index (χ4n) is 0.340. The van der Waals surface area contributed by atoms with Crippen LogP contribution in [0, 0.1) is 31.1 Å². The molecule has 12 heavy (non-hydrogen) atoms. The van der Waals surface area contributed by atoms with Gasteiger partial charge in [-0.1, -0.05) is 13.8 Å². The van der Waals surface area contributed by atoms with Crippen molar-refractivity contribution in [2.24, 2.45) is 5.73 Å². The maximum atomic E-state index is 10.6. The second-order valence-corrected chi connectivity index (χ2v) is 2.27. The Balaban J connectivity index is -0.0000000941. The predicted octanol–water partition coefficient (Wildman–Crippen LogP) is 1.56. The molecule has 3 nitrogen and oxygen atoms in total. The Morgan fingerprint density at radius 3 is 1.75 bits per heavy atom. The van der Waals surface area contributed by atoms with E-state index in [1.807, 2.05) is 13.8 Å². The zero-order valence-electron chi connectivity index (χ0n) is 8.55. The minimum Gasteiger partial charge on any atom is -0.462 e. The van der Waals surface area contributed by atoms with Crippen molar-refractivity contribution in [2.75, 3.05) is 0 Å². The average molecular weight is 401 g/mol. The van der Waals surface area contributed by atoms with Crippen LogP contribution in [0.4, 0.5) is 0 Å². The van der Waals surface area contributed by atoms with E-state index in [-0.39, 0.29) is 44.6 Å². The molecule has 0 spiro atoms. The van der Waals surface area contributed by atoms with Crippen LogP contribution in [0.15, 0.2) is 0 Å². The number of esters is 1. The molecule has 0 aliphatic rings. The third-order valence-corrected chi connectivity index (χ3v) is 0.724. The van der Waals surface area contributed by atoms with E-state index in [2.05, 4.69) is 0 Å². The van der Waals surface area contributed by atoms with E-state index in [0.29, 0.717) is 0 Å². The van der Waals surface area contributed by atoms with Gasteiger partial charge in [-0.3, -0.25) is 4.79 Å². The van der Waals surface area contributed by atoms with E-state index in [0.717, 1.165) is 0 Å². The SMILES string of the molecule is CC.CC(C)OC(=O)[C@H](C)N.[HH].[U]. The Morgan fingerprint density at radius 1 is 1.33 bits per heavy atom. The molecule has 0 aliphatic heterocycles. The topological polar surface area (TPSA) is 52.3 Å². The fraction of sp³-hybridized carbons (Fsp3) is 0.875. The van der Waals surface area contributed by atoms with Crippen LogP contribution in [0.2, 0.25) is 0 Å². The molecule has 0 fully saturated rings. The largest absolute Gasteiger partial charge is 0.462 e. The van der Waals surface area contributed by atoms with Gasteiger partial charge in [-0.15, -0.1) is 0 Å². The Morgan fingerprint density at radius 2 is 1.67 bits per heavy atom. The Hall–Kier alpha value is 0.482. The molecule has 0 amide bonds. The predicted molar refractivity (Wildman–Crippen MR) is 48.3 cm³/mol. The first kappa shape index (κ1) is 18.3. The molecular weight excluding hydrogens is 380 g/mol. The van der Waals surface area contributed by atoms with E-state index < -0.39 is 6.04 Å². The summed E-state index contributed by atoms with van der Waals surface area (Å²) in [6, 6.07) is -0.507. The normalized spacial score (nSPS) is 10.6. The van der Waals surface area contributed by atoms with Crippen LogP contribution < -0.4 is 5.73 Å². The zero-order chi connectivity index (χ0) is 9.44. The van der Waals surface area contributed by atoms with Crippen molar-refractivity contribution >= 4 is 5.97 Å². The summed E-state index contributed by atoms with van der Waals surface area (Å²) in [6.07, 6.45) is -0.0662. The van der Waals surface area contributed by atoms with Gasteiger partial charge in [0.25, 0.3) is 0 Å². The smallest absolute Gasteiger partial charge is 0.322 e. The van der Waals surface area contributed by atoms with Gasteiger partial charge in [-0.2, -0.15) is 0 Å². The summed E-state index contributed by atoms with van der Waals surface area (Å²) in [5.74, 6) is -0.343. The second-order valence-electron chi connectivity index (χ2n) is 2.27. The first-order valence-electron chi connectivity index (χ1n) is 4.00. The van der Waals surface area contributed by atoms with Crippen molar-refractivity contribution in [1.82, 2.24) is 0 Å². The van der Waals surface area contributed by atoms with Crippen molar-refractivity contribution in [1.29, 1.82) is 0 Å². The summed E-state index contributed by atoms with van der Waals surface area (Å²) in [5.41, 5.74) is 5.21. The number of hydrogen-bond acceptors (Lipinski definition) is 3. The van der Waals surface area contributed by atoms with Crippen LogP contribution in [-0.2, 0) is 9.53 Å². The van der Waals surface area contributed by atoms with Gasteiger partial charge >= 0.3 is 5.97 Å². The minimum atomic E-state index is -0.507. The molecule has 0 saturated carbocycles. The molecule has 0 aromatic heterocycles. The molecule has 0 bridgehead atoms. The summed E-state index contributed by atoms with van der Waals surface area (Å²) < 4.78 is 4.75. The molecule has 0 radical (unpaired) electrons. The average Bonchev–Trinajstić information content (AvgIpc) is 1.90. The van der Waals surface area contributed by atoms with E-state index >= 15 is 0 Å². The summed E-state index contributed by atoms with van der Waals surface area (Å²) in [4.78, 5) is 10.6. The van der Waals surface area contributed by atoms with Crippen LogP contribution in [0.25, 0.3) is 0 Å². The number of nitrogens with two attached hydrogens (primary N) is 1. The molecule has 0 aliphatic carbocycles. The van der Waals surface area contributed by atoms with Crippen molar-refractivity contribution in [2.45, 2.75) is 46.8 Å². The van der Waals surface area contributed by atoms with E-state index in [9.17, 15) is 4.79 Å². The number of carbonyl (C=O) groups is 1. The molecule has 2 N–H and O–H groups in total. The molecule has 0 heterocycles. The molecule has 1 atom stereocenters. The van der Waals surface area contributed by atoms with Gasteiger partial charge in [0.2, 0.25) is 0 Å². The van der Waals surface area contributed by atoms with Crippen LogP contribution >= 0.6 is 0 Å². The maximum absolute atomic E-state index is 10.6. The number of ether oxygens (including phenoxy) is 1.